The van der Waals surface area contributed by atoms with Gasteiger partial charge in [-0.2, -0.15) is 5.26 Å². The second kappa shape index (κ2) is 3.88. The molecule has 0 bridgehead atoms. The van der Waals surface area contributed by atoms with Crippen molar-refractivity contribution in [3.63, 3.8) is 0 Å². The maximum atomic E-state index is 10.4. The van der Waals surface area contributed by atoms with E-state index in [1.54, 1.807) is 11.4 Å². The normalized spacial score (nSPS) is 9.00. The lowest BCUT2D eigenvalue weighted by atomic mass is 10.3. The topological polar surface area (TPSA) is 50.1 Å². The third-order valence-electron chi connectivity index (χ3n) is 1.27. The first kappa shape index (κ1) is 8.75. The lowest BCUT2D eigenvalue weighted by molar-refractivity contribution is -0.142. The zero-order valence-electron chi connectivity index (χ0n) is 6.53. The average Bonchev–Trinajstić information content (AvgIpc) is 2.47. The first-order chi connectivity index (χ1) is 5.74. The van der Waals surface area contributed by atoms with Crippen LogP contribution in [0.3, 0.4) is 0 Å². The van der Waals surface area contributed by atoms with Crippen LogP contribution in [0, 0.1) is 11.3 Å². The Hall–Kier alpha value is -1.34. The molecule has 4 heteroatoms. The molecule has 0 aliphatic rings. The number of nitrogens with zero attached hydrogens (tertiary/aromatic N) is 1. The lowest BCUT2D eigenvalue weighted by Gasteiger charge is -1.97. The van der Waals surface area contributed by atoms with Crippen LogP contribution >= 0.6 is 11.3 Å². The molecule has 1 aromatic rings. The van der Waals surface area contributed by atoms with Gasteiger partial charge in [-0.15, -0.1) is 11.3 Å². The second-order valence-corrected chi connectivity index (χ2v) is 3.15. The Labute approximate surface area is 74.2 Å². The van der Waals surface area contributed by atoms with Crippen LogP contribution in [0.15, 0.2) is 11.4 Å². The molecule has 0 amide bonds. The molecule has 1 heterocycles. The molecular formula is C8H7NO2S. The lowest BCUT2D eigenvalue weighted by Crippen LogP contribution is -1.98. The van der Waals surface area contributed by atoms with Crippen molar-refractivity contribution < 1.29 is 9.53 Å². The fourth-order valence-electron chi connectivity index (χ4n) is 0.719. The smallest absolute Gasteiger partial charge is 0.302 e. The van der Waals surface area contributed by atoms with Gasteiger partial charge in [-0.1, -0.05) is 0 Å². The number of esters is 1. The summed E-state index contributed by atoms with van der Waals surface area (Å²) in [5.74, 6) is -0.327. The van der Waals surface area contributed by atoms with E-state index in [1.165, 1.54) is 18.3 Å². The summed E-state index contributed by atoms with van der Waals surface area (Å²) in [5.41, 5.74) is 0.584. The third kappa shape index (κ3) is 2.07. The summed E-state index contributed by atoms with van der Waals surface area (Å²) in [6.45, 7) is 1.55. The van der Waals surface area contributed by atoms with E-state index in [0.29, 0.717) is 5.56 Å². The van der Waals surface area contributed by atoms with Crippen LogP contribution < -0.4 is 0 Å². The Balaban J connectivity index is 2.64. The van der Waals surface area contributed by atoms with Gasteiger partial charge in [0.25, 0.3) is 0 Å². The van der Waals surface area contributed by atoms with Crippen LogP contribution in [0.2, 0.25) is 0 Å². The summed E-state index contributed by atoms with van der Waals surface area (Å²) in [6.07, 6.45) is 0. The van der Waals surface area contributed by atoms with Crippen molar-refractivity contribution in [1.82, 2.24) is 0 Å². The molecule has 0 saturated heterocycles. The minimum Gasteiger partial charge on any atom is -0.460 e. The van der Waals surface area contributed by atoms with Crippen molar-refractivity contribution in [3.05, 3.63) is 21.9 Å². The molecule has 0 N–H and O–H groups in total. The molecule has 0 unspecified atom stereocenters. The standard InChI is InChI=1S/C8H7NO2S/c1-6(10)11-5-8-7(4-9)2-3-12-8/h2-3H,5H2,1H3. The monoisotopic (exact) mass is 181 g/mol. The van der Waals surface area contributed by atoms with E-state index in [0.717, 1.165) is 4.88 Å². The zero-order valence-corrected chi connectivity index (χ0v) is 7.35. The number of carbonyl (C=O) groups is 1. The van der Waals surface area contributed by atoms with E-state index in [4.69, 9.17) is 10.00 Å². The SMILES string of the molecule is CC(=O)OCc1sccc1C#N. The second-order valence-electron chi connectivity index (χ2n) is 2.15. The van der Waals surface area contributed by atoms with E-state index in [1.807, 2.05) is 6.07 Å². The highest BCUT2D eigenvalue weighted by molar-refractivity contribution is 7.10. The van der Waals surface area contributed by atoms with Crippen molar-refractivity contribution in [1.29, 1.82) is 5.26 Å². The zero-order chi connectivity index (χ0) is 8.97. The van der Waals surface area contributed by atoms with Crippen LogP contribution in [0.4, 0.5) is 0 Å². The summed E-state index contributed by atoms with van der Waals surface area (Å²) < 4.78 is 4.75. The van der Waals surface area contributed by atoms with Gasteiger partial charge in [-0.05, 0) is 11.4 Å². The Morgan fingerprint density at radius 1 is 1.83 bits per heavy atom. The molecule has 0 atom stereocenters. The Morgan fingerprint density at radius 3 is 3.17 bits per heavy atom. The first-order valence-corrected chi connectivity index (χ1v) is 4.22. The highest BCUT2D eigenvalue weighted by Gasteiger charge is 2.04. The quantitative estimate of drug-likeness (QED) is 0.652. The number of hydrogen-bond acceptors (Lipinski definition) is 4. The van der Waals surface area contributed by atoms with Gasteiger partial charge in [0.15, 0.2) is 0 Å². The highest BCUT2D eigenvalue weighted by Crippen LogP contribution is 2.16. The van der Waals surface area contributed by atoms with Crippen LogP contribution in [0.1, 0.15) is 17.4 Å². The van der Waals surface area contributed by atoms with Gasteiger partial charge < -0.3 is 4.74 Å². The highest BCUT2D eigenvalue weighted by atomic mass is 32.1. The van der Waals surface area contributed by atoms with Crippen LogP contribution in [0.5, 0.6) is 0 Å². The number of thiophene rings is 1. The van der Waals surface area contributed by atoms with E-state index >= 15 is 0 Å². The molecular weight excluding hydrogens is 174 g/mol. The summed E-state index contributed by atoms with van der Waals surface area (Å²) >= 11 is 1.42. The summed E-state index contributed by atoms with van der Waals surface area (Å²) in [4.78, 5) is 11.2. The van der Waals surface area contributed by atoms with Crippen molar-refractivity contribution >= 4 is 17.3 Å². The number of hydrogen-bond donors (Lipinski definition) is 0. The van der Waals surface area contributed by atoms with E-state index in [-0.39, 0.29) is 12.6 Å². The molecule has 3 nitrogen and oxygen atoms in total. The predicted molar refractivity (Wildman–Crippen MR) is 44.5 cm³/mol. The fourth-order valence-corrected chi connectivity index (χ4v) is 1.46. The first-order valence-electron chi connectivity index (χ1n) is 3.34. The Kier molecular flexibility index (Phi) is 2.83. The largest absolute Gasteiger partial charge is 0.460 e. The molecule has 0 aromatic carbocycles. The van der Waals surface area contributed by atoms with Crippen molar-refractivity contribution in [3.8, 4) is 6.07 Å². The molecule has 62 valence electrons. The van der Waals surface area contributed by atoms with Gasteiger partial charge in [0.1, 0.15) is 12.7 Å². The molecule has 0 aliphatic carbocycles. The maximum absolute atomic E-state index is 10.4. The molecule has 0 fully saturated rings. The van der Waals surface area contributed by atoms with E-state index in [9.17, 15) is 4.79 Å². The molecule has 0 saturated carbocycles. The van der Waals surface area contributed by atoms with Crippen LogP contribution in [-0.2, 0) is 16.1 Å². The molecule has 12 heavy (non-hydrogen) atoms. The van der Waals surface area contributed by atoms with Gasteiger partial charge >= 0.3 is 5.97 Å². The minimum atomic E-state index is -0.327. The molecule has 0 aliphatic heterocycles. The van der Waals surface area contributed by atoms with Gasteiger partial charge in [0, 0.05) is 6.92 Å². The summed E-state index contributed by atoms with van der Waals surface area (Å²) in [7, 11) is 0. The Morgan fingerprint density at radius 2 is 2.58 bits per heavy atom. The molecule has 1 rings (SSSR count). The van der Waals surface area contributed by atoms with Crippen LogP contribution in [0.25, 0.3) is 0 Å². The summed E-state index contributed by atoms with van der Waals surface area (Å²) in [6, 6.07) is 3.73. The maximum Gasteiger partial charge on any atom is 0.302 e. The molecule has 1 aromatic heterocycles. The summed E-state index contributed by atoms with van der Waals surface area (Å²) in [5, 5.41) is 10.4. The number of rotatable bonds is 2. The molecule has 0 radical (unpaired) electrons. The number of nitriles is 1. The van der Waals surface area contributed by atoms with Gasteiger partial charge in [-0.3, -0.25) is 4.79 Å². The van der Waals surface area contributed by atoms with E-state index in [2.05, 4.69) is 0 Å². The average molecular weight is 181 g/mol. The van der Waals surface area contributed by atoms with Gasteiger partial charge in [0.2, 0.25) is 0 Å². The predicted octanol–water partition coefficient (Wildman–Crippen LogP) is 1.68. The minimum absolute atomic E-state index is 0.204. The van der Waals surface area contributed by atoms with Gasteiger partial charge in [0.05, 0.1) is 10.4 Å². The third-order valence-corrected chi connectivity index (χ3v) is 2.17. The fraction of sp³-hybridized carbons (Fsp3) is 0.250. The number of ether oxygens (including phenoxy) is 1. The molecule has 0 spiro atoms. The van der Waals surface area contributed by atoms with Crippen molar-refractivity contribution in [2.45, 2.75) is 13.5 Å². The van der Waals surface area contributed by atoms with Crippen molar-refractivity contribution in [2.24, 2.45) is 0 Å². The number of carbonyl (C=O) groups excluding carboxylic acids is 1. The van der Waals surface area contributed by atoms with Crippen LogP contribution in [-0.4, -0.2) is 5.97 Å². The van der Waals surface area contributed by atoms with Gasteiger partial charge in [-0.25, -0.2) is 0 Å². The Bertz CT molecular complexity index is 324. The van der Waals surface area contributed by atoms with E-state index < -0.39 is 0 Å². The van der Waals surface area contributed by atoms with Crippen molar-refractivity contribution in [2.75, 3.05) is 0 Å².